The van der Waals surface area contributed by atoms with E-state index in [1.54, 1.807) is 13.0 Å². The minimum absolute atomic E-state index is 0.00624. The van der Waals surface area contributed by atoms with Gasteiger partial charge in [0, 0.05) is 5.69 Å². The zero-order chi connectivity index (χ0) is 20.7. The number of hydrogen-bond acceptors (Lipinski definition) is 3. The second kappa shape index (κ2) is 5.93. The molecule has 1 heterocycles. The van der Waals surface area contributed by atoms with E-state index in [1.165, 1.54) is 18.2 Å². The first kappa shape index (κ1) is 18.4. The number of rotatable bonds is 3. The van der Waals surface area contributed by atoms with Gasteiger partial charge in [0.05, 0.1) is 11.8 Å². The molecule has 2 saturated carbocycles. The molecule has 5 nitrogen and oxygen atoms in total. The van der Waals surface area contributed by atoms with Gasteiger partial charge in [0.2, 0.25) is 11.8 Å². The number of carbonyl (C=O) groups excluding carboxylic acids is 3. The van der Waals surface area contributed by atoms with Crippen molar-refractivity contribution in [1.82, 2.24) is 4.90 Å². The number of nitrogens with zero attached hydrogens (tertiary/aromatic N) is 2. The fourth-order valence-electron chi connectivity index (χ4n) is 5.51. The van der Waals surface area contributed by atoms with E-state index in [-0.39, 0.29) is 17.5 Å². The largest absolute Gasteiger partial charge is 0.471 e. The molecule has 3 fully saturated rings. The van der Waals surface area contributed by atoms with Crippen LogP contribution in [0, 0.1) is 42.4 Å². The van der Waals surface area contributed by atoms with Crippen LogP contribution in [0.4, 0.5) is 18.9 Å². The van der Waals surface area contributed by atoms with Gasteiger partial charge in [-0.25, -0.2) is 0 Å². The summed E-state index contributed by atoms with van der Waals surface area (Å²) in [4.78, 5) is 39.6. The lowest BCUT2D eigenvalue weighted by Gasteiger charge is -2.37. The van der Waals surface area contributed by atoms with E-state index in [0.29, 0.717) is 22.3 Å². The van der Waals surface area contributed by atoms with Crippen LogP contribution < -0.4 is 4.90 Å². The maximum absolute atomic E-state index is 13.3. The molecule has 29 heavy (non-hydrogen) atoms. The summed E-state index contributed by atoms with van der Waals surface area (Å²) < 4.78 is 39.8. The Morgan fingerprint density at radius 1 is 1.10 bits per heavy atom. The highest BCUT2D eigenvalue weighted by Crippen LogP contribution is 2.65. The highest BCUT2D eigenvalue weighted by molar-refractivity contribution is 6.07. The van der Waals surface area contributed by atoms with E-state index in [0.717, 1.165) is 11.3 Å². The first-order valence-electron chi connectivity index (χ1n) is 9.67. The van der Waals surface area contributed by atoms with Crippen LogP contribution in [0.5, 0.6) is 0 Å². The van der Waals surface area contributed by atoms with Crippen LogP contribution in [0.3, 0.4) is 0 Å². The summed E-state index contributed by atoms with van der Waals surface area (Å²) in [5.41, 5.74) is 0.671. The molecule has 0 unspecified atom stereocenters. The molecule has 2 bridgehead atoms. The van der Waals surface area contributed by atoms with Crippen LogP contribution in [0.1, 0.15) is 12.0 Å². The minimum Gasteiger partial charge on any atom is -0.286 e. The molecule has 1 aromatic carbocycles. The highest BCUT2D eigenvalue weighted by atomic mass is 19.4. The first-order valence-corrected chi connectivity index (χ1v) is 9.67. The highest BCUT2D eigenvalue weighted by Gasteiger charge is 2.67. The minimum atomic E-state index is -5.12. The number of carbonyl (C=O) groups is 3. The normalized spacial score (nSPS) is 34.3. The number of aryl methyl sites for hydroxylation is 1. The standard InChI is InChI=1S/C21H19F3N2O3/c1-10-3-2-4-11(7-10)25(20(29)21(22,23)24)9-26-18(27)16-12-5-6-13(15-8-14(12)15)17(16)19(26)28/h2-7,12-17H,8-9H2,1H3/t12-,13-,14-,15-,16+,17+/m0/s1. The van der Waals surface area contributed by atoms with Gasteiger partial charge in [0.1, 0.15) is 6.67 Å². The summed E-state index contributed by atoms with van der Waals surface area (Å²) in [5, 5.41) is 0. The summed E-state index contributed by atoms with van der Waals surface area (Å²) in [6, 6.07) is 6.03. The lowest BCUT2D eigenvalue weighted by atomic mass is 9.63. The van der Waals surface area contributed by atoms with Crippen molar-refractivity contribution in [3.63, 3.8) is 0 Å². The molecule has 1 saturated heterocycles. The zero-order valence-electron chi connectivity index (χ0n) is 15.6. The van der Waals surface area contributed by atoms with E-state index < -0.39 is 42.4 Å². The number of amides is 3. The molecular weight excluding hydrogens is 385 g/mol. The van der Waals surface area contributed by atoms with Gasteiger partial charge in [-0.1, -0.05) is 24.3 Å². The number of imide groups is 1. The number of halogens is 3. The van der Waals surface area contributed by atoms with Crippen molar-refractivity contribution in [2.75, 3.05) is 11.6 Å². The van der Waals surface area contributed by atoms with E-state index >= 15 is 0 Å². The topological polar surface area (TPSA) is 57.7 Å². The van der Waals surface area contributed by atoms with Gasteiger partial charge in [0.15, 0.2) is 0 Å². The lowest BCUT2D eigenvalue weighted by Crippen LogP contribution is -2.49. The number of likely N-dealkylation sites (tertiary alicyclic amines) is 1. The van der Waals surface area contributed by atoms with Gasteiger partial charge in [-0.3, -0.25) is 24.2 Å². The maximum Gasteiger partial charge on any atom is 0.471 e. The van der Waals surface area contributed by atoms with Crippen molar-refractivity contribution >= 4 is 23.4 Å². The maximum atomic E-state index is 13.3. The van der Waals surface area contributed by atoms with Crippen LogP contribution in [0.25, 0.3) is 0 Å². The molecule has 3 amide bonds. The van der Waals surface area contributed by atoms with Gasteiger partial charge in [0.25, 0.3) is 0 Å². The predicted molar refractivity (Wildman–Crippen MR) is 96.1 cm³/mol. The van der Waals surface area contributed by atoms with Crippen molar-refractivity contribution in [3.05, 3.63) is 42.0 Å². The molecule has 4 aliphatic carbocycles. The van der Waals surface area contributed by atoms with E-state index in [4.69, 9.17) is 0 Å². The van der Waals surface area contributed by atoms with Crippen LogP contribution in [0.15, 0.2) is 36.4 Å². The number of anilines is 1. The van der Waals surface area contributed by atoms with Gasteiger partial charge < -0.3 is 0 Å². The summed E-state index contributed by atoms with van der Waals surface area (Å²) in [6.07, 6.45) is -0.135. The van der Waals surface area contributed by atoms with Crippen molar-refractivity contribution in [2.45, 2.75) is 19.5 Å². The summed E-state index contributed by atoms with van der Waals surface area (Å²) in [6.45, 7) is 0.970. The molecule has 0 aromatic heterocycles. The van der Waals surface area contributed by atoms with Crippen LogP contribution in [0.2, 0.25) is 0 Å². The Morgan fingerprint density at radius 3 is 2.21 bits per heavy atom. The Morgan fingerprint density at radius 2 is 1.69 bits per heavy atom. The Labute approximate surface area is 165 Å². The van der Waals surface area contributed by atoms with Gasteiger partial charge in [-0.15, -0.1) is 0 Å². The number of benzene rings is 1. The van der Waals surface area contributed by atoms with E-state index in [9.17, 15) is 27.6 Å². The molecule has 0 spiro atoms. The average molecular weight is 404 g/mol. The van der Waals surface area contributed by atoms with Crippen molar-refractivity contribution < 1.29 is 27.6 Å². The first-order chi connectivity index (χ1) is 13.7. The zero-order valence-corrected chi connectivity index (χ0v) is 15.6. The molecule has 0 radical (unpaired) electrons. The van der Waals surface area contributed by atoms with Crippen LogP contribution in [-0.4, -0.2) is 35.5 Å². The SMILES string of the molecule is Cc1cccc(N(CN2C(=O)[C@@H]3[C@H]4C=C[C@@H]([C@@H]5C[C@@H]45)[C@H]3C2=O)C(=O)C(F)(F)F)c1. The molecule has 6 atom stereocenters. The Kier molecular flexibility index (Phi) is 3.76. The molecule has 1 aromatic rings. The van der Waals surface area contributed by atoms with E-state index in [1.807, 2.05) is 12.2 Å². The van der Waals surface area contributed by atoms with Gasteiger partial charge in [-0.05, 0) is 54.7 Å². The van der Waals surface area contributed by atoms with Crippen molar-refractivity contribution in [2.24, 2.45) is 35.5 Å². The molecule has 0 N–H and O–H groups in total. The quantitative estimate of drug-likeness (QED) is 0.575. The third kappa shape index (κ3) is 2.64. The van der Waals surface area contributed by atoms with Gasteiger partial charge >= 0.3 is 12.1 Å². The molecule has 8 heteroatoms. The fourth-order valence-corrected chi connectivity index (χ4v) is 5.51. The molecule has 152 valence electrons. The molecule has 1 aliphatic heterocycles. The van der Waals surface area contributed by atoms with E-state index in [2.05, 4.69) is 0 Å². The predicted octanol–water partition coefficient (Wildman–Crippen LogP) is 2.90. The number of alkyl halides is 3. The number of hydrogen-bond donors (Lipinski definition) is 0. The second-order valence-electron chi connectivity index (χ2n) is 8.47. The third-order valence-corrected chi connectivity index (χ3v) is 6.84. The Hall–Kier alpha value is -2.64. The number of allylic oxidation sites excluding steroid dienone is 2. The Balaban J connectivity index is 1.47. The van der Waals surface area contributed by atoms with Crippen molar-refractivity contribution in [1.29, 1.82) is 0 Å². The van der Waals surface area contributed by atoms with Crippen molar-refractivity contribution in [3.8, 4) is 0 Å². The molecule has 6 rings (SSSR count). The van der Waals surface area contributed by atoms with Crippen LogP contribution in [-0.2, 0) is 14.4 Å². The van der Waals surface area contributed by atoms with Crippen LogP contribution >= 0.6 is 0 Å². The smallest absolute Gasteiger partial charge is 0.286 e. The van der Waals surface area contributed by atoms with Gasteiger partial charge in [-0.2, -0.15) is 13.2 Å². The summed E-state index contributed by atoms with van der Waals surface area (Å²) in [7, 11) is 0. The fraction of sp³-hybridized carbons (Fsp3) is 0.476. The Bertz CT molecular complexity index is 921. The molecule has 5 aliphatic rings. The molecular formula is C21H19F3N2O3. The average Bonchev–Trinajstić information content (AvgIpc) is 3.44. The second-order valence-corrected chi connectivity index (χ2v) is 8.47. The summed E-state index contributed by atoms with van der Waals surface area (Å²) >= 11 is 0. The third-order valence-electron chi connectivity index (χ3n) is 6.84. The summed E-state index contributed by atoms with van der Waals surface area (Å²) in [5.74, 6) is -3.30. The lowest BCUT2D eigenvalue weighted by molar-refractivity contribution is -0.171. The monoisotopic (exact) mass is 404 g/mol.